The van der Waals surface area contributed by atoms with Crippen LogP contribution in [0, 0.1) is 24.0 Å². The van der Waals surface area contributed by atoms with E-state index in [9.17, 15) is 15.2 Å². The van der Waals surface area contributed by atoms with E-state index in [1.54, 1.807) is 19.9 Å². The number of nitrogens with one attached hydrogen (secondary N) is 1. The molecule has 116 valence electrons. The summed E-state index contributed by atoms with van der Waals surface area (Å²) >= 11 is 0. The third kappa shape index (κ3) is 4.41. The number of hydrogen-bond donors (Lipinski definition) is 2. The molecule has 0 bridgehead atoms. The van der Waals surface area contributed by atoms with E-state index in [4.69, 9.17) is 4.74 Å². The fraction of sp³-hybridized carbons (Fsp3) is 0.600. The summed E-state index contributed by atoms with van der Waals surface area (Å²) in [6.45, 7) is 5.77. The molecule has 0 saturated heterocycles. The summed E-state index contributed by atoms with van der Waals surface area (Å²) in [4.78, 5) is 10.5. The van der Waals surface area contributed by atoms with Gasteiger partial charge in [0.2, 0.25) is 0 Å². The first-order chi connectivity index (χ1) is 9.78. The number of nitrogens with zero attached hydrogens (tertiary/aromatic N) is 1. The van der Waals surface area contributed by atoms with Crippen LogP contribution < -0.4 is 10.1 Å². The number of hydrogen-bond acceptors (Lipinski definition) is 5. The molecule has 0 aromatic heterocycles. The lowest BCUT2D eigenvalue weighted by molar-refractivity contribution is -0.385. The normalized spacial score (nSPS) is 17.3. The summed E-state index contributed by atoms with van der Waals surface area (Å²) in [6, 6.07) is 3.67. The van der Waals surface area contributed by atoms with Crippen LogP contribution in [-0.2, 0) is 0 Å². The molecule has 1 aromatic carbocycles. The molecule has 1 atom stereocenters. The minimum absolute atomic E-state index is 0.0337. The second-order valence-corrected chi connectivity index (χ2v) is 6.10. The van der Waals surface area contributed by atoms with E-state index in [0.29, 0.717) is 23.9 Å². The van der Waals surface area contributed by atoms with Crippen molar-refractivity contribution in [2.45, 2.75) is 45.3 Å². The molecular weight excluding hydrogens is 272 g/mol. The fourth-order valence-corrected chi connectivity index (χ4v) is 2.11. The molecule has 0 amide bonds. The maximum absolute atomic E-state index is 11.0. The topological polar surface area (TPSA) is 84.6 Å². The van der Waals surface area contributed by atoms with Crippen LogP contribution in [0.4, 0.5) is 5.69 Å². The summed E-state index contributed by atoms with van der Waals surface area (Å²) in [5.74, 6) is 0.444. The molecule has 2 rings (SSSR count). The van der Waals surface area contributed by atoms with Crippen LogP contribution in [0.2, 0.25) is 0 Å². The van der Waals surface area contributed by atoms with Crippen LogP contribution in [0.15, 0.2) is 12.1 Å². The third-order valence-electron chi connectivity index (χ3n) is 3.58. The van der Waals surface area contributed by atoms with Crippen LogP contribution in [0.1, 0.15) is 30.9 Å². The molecule has 1 aliphatic carbocycles. The average Bonchev–Trinajstić information content (AvgIpc) is 3.19. The minimum Gasteiger partial charge on any atom is -0.490 e. The molecule has 1 fully saturated rings. The zero-order chi connectivity index (χ0) is 15.6. The molecule has 0 heterocycles. The Morgan fingerprint density at radius 1 is 1.43 bits per heavy atom. The molecule has 1 saturated carbocycles. The molecule has 0 aliphatic heterocycles. The highest BCUT2D eigenvalue weighted by Crippen LogP contribution is 2.28. The molecule has 1 aliphatic rings. The van der Waals surface area contributed by atoms with Crippen molar-refractivity contribution < 1.29 is 14.8 Å². The SMILES string of the molecule is Cc1cc(C)c([N+](=O)[O-])cc1OCC(C)(O)CNC1CC1. The summed E-state index contributed by atoms with van der Waals surface area (Å²) in [6.07, 6.45) is 2.31. The van der Waals surface area contributed by atoms with Crippen LogP contribution in [-0.4, -0.2) is 34.8 Å². The van der Waals surface area contributed by atoms with Gasteiger partial charge in [0.05, 0.1) is 11.0 Å². The largest absolute Gasteiger partial charge is 0.490 e. The highest BCUT2D eigenvalue weighted by Gasteiger charge is 2.27. The van der Waals surface area contributed by atoms with Crippen molar-refractivity contribution in [3.8, 4) is 5.75 Å². The third-order valence-corrected chi connectivity index (χ3v) is 3.58. The van der Waals surface area contributed by atoms with Crippen molar-refractivity contribution in [2.24, 2.45) is 0 Å². The van der Waals surface area contributed by atoms with E-state index in [-0.39, 0.29) is 12.3 Å². The van der Waals surface area contributed by atoms with Gasteiger partial charge >= 0.3 is 0 Å². The van der Waals surface area contributed by atoms with E-state index in [2.05, 4.69) is 5.32 Å². The van der Waals surface area contributed by atoms with Gasteiger partial charge in [-0.05, 0) is 45.2 Å². The van der Waals surface area contributed by atoms with Gasteiger partial charge in [0.15, 0.2) is 0 Å². The molecule has 1 unspecified atom stereocenters. The lowest BCUT2D eigenvalue weighted by atomic mass is 10.1. The van der Waals surface area contributed by atoms with Gasteiger partial charge in [-0.15, -0.1) is 0 Å². The van der Waals surface area contributed by atoms with E-state index in [1.807, 2.05) is 6.92 Å². The van der Waals surface area contributed by atoms with Gasteiger partial charge in [0, 0.05) is 18.2 Å². The molecule has 0 spiro atoms. The van der Waals surface area contributed by atoms with Crippen molar-refractivity contribution >= 4 is 5.69 Å². The second-order valence-electron chi connectivity index (χ2n) is 6.10. The van der Waals surface area contributed by atoms with Crippen molar-refractivity contribution in [1.29, 1.82) is 0 Å². The quantitative estimate of drug-likeness (QED) is 0.594. The first-order valence-electron chi connectivity index (χ1n) is 7.13. The fourth-order valence-electron chi connectivity index (χ4n) is 2.11. The van der Waals surface area contributed by atoms with Crippen molar-refractivity contribution in [3.63, 3.8) is 0 Å². The van der Waals surface area contributed by atoms with Crippen molar-refractivity contribution in [2.75, 3.05) is 13.2 Å². The number of nitro groups is 1. The Balaban J connectivity index is 2.01. The number of aliphatic hydroxyl groups is 1. The summed E-state index contributed by atoms with van der Waals surface area (Å²) in [5.41, 5.74) is 0.455. The number of benzene rings is 1. The number of rotatable bonds is 7. The zero-order valence-corrected chi connectivity index (χ0v) is 12.7. The highest BCUT2D eigenvalue weighted by atomic mass is 16.6. The van der Waals surface area contributed by atoms with Crippen LogP contribution in [0.3, 0.4) is 0 Å². The molecule has 1 aromatic rings. The molecular formula is C15H22N2O4. The van der Waals surface area contributed by atoms with Gasteiger partial charge in [0.1, 0.15) is 18.0 Å². The maximum Gasteiger partial charge on any atom is 0.276 e. The Kier molecular flexibility index (Phi) is 4.49. The smallest absolute Gasteiger partial charge is 0.276 e. The first kappa shape index (κ1) is 15.7. The van der Waals surface area contributed by atoms with Crippen LogP contribution in [0.25, 0.3) is 0 Å². The maximum atomic E-state index is 11.0. The first-order valence-corrected chi connectivity index (χ1v) is 7.13. The Morgan fingerprint density at radius 2 is 2.10 bits per heavy atom. The molecule has 21 heavy (non-hydrogen) atoms. The average molecular weight is 294 g/mol. The predicted octanol–water partition coefficient (Wildman–Crippen LogP) is 2.09. The van der Waals surface area contributed by atoms with Gasteiger partial charge in [-0.1, -0.05) is 0 Å². The molecule has 6 heteroatoms. The monoisotopic (exact) mass is 294 g/mol. The standard InChI is InChI=1S/C15H22N2O4/c1-10-6-11(2)14(7-13(10)17(19)20)21-9-15(3,18)8-16-12-4-5-12/h6-7,12,16,18H,4-5,8-9H2,1-3H3. The Bertz CT molecular complexity index is 539. The van der Waals surface area contributed by atoms with Crippen LogP contribution >= 0.6 is 0 Å². The van der Waals surface area contributed by atoms with Gasteiger partial charge in [0.25, 0.3) is 5.69 Å². The van der Waals surface area contributed by atoms with Gasteiger partial charge < -0.3 is 15.2 Å². The van der Waals surface area contributed by atoms with Gasteiger partial charge in [-0.3, -0.25) is 10.1 Å². The van der Waals surface area contributed by atoms with E-state index in [0.717, 1.165) is 18.4 Å². The Hall–Kier alpha value is -1.66. The minimum atomic E-state index is -1.01. The summed E-state index contributed by atoms with van der Waals surface area (Å²) in [7, 11) is 0. The number of aryl methyl sites for hydroxylation is 2. The Labute approximate surface area is 124 Å². The van der Waals surface area contributed by atoms with Crippen molar-refractivity contribution in [1.82, 2.24) is 5.32 Å². The molecule has 6 nitrogen and oxygen atoms in total. The molecule has 0 radical (unpaired) electrons. The predicted molar refractivity (Wildman–Crippen MR) is 79.7 cm³/mol. The second kappa shape index (κ2) is 5.99. The van der Waals surface area contributed by atoms with Crippen LogP contribution in [0.5, 0.6) is 5.75 Å². The summed E-state index contributed by atoms with van der Waals surface area (Å²) < 4.78 is 5.61. The van der Waals surface area contributed by atoms with E-state index >= 15 is 0 Å². The zero-order valence-electron chi connectivity index (χ0n) is 12.7. The highest BCUT2D eigenvalue weighted by molar-refractivity contribution is 5.49. The molecule has 2 N–H and O–H groups in total. The Morgan fingerprint density at radius 3 is 2.67 bits per heavy atom. The summed E-state index contributed by atoms with van der Waals surface area (Å²) in [5, 5.41) is 24.5. The van der Waals surface area contributed by atoms with Crippen molar-refractivity contribution in [3.05, 3.63) is 33.4 Å². The number of ether oxygens (including phenoxy) is 1. The van der Waals surface area contributed by atoms with Gasteiger partial charge in [-0.2, -0.15) is 0 Å². The van der Waals surface area contributed by atoms with Gasteiger partial charge in [-0.25, -0.2) is 0 Å². The van der Waals surface area contributed by atoms with E-state index < -0.39 is 10.5 Å². The lowest BCUT2D eigenvalue weighted by Crippen LogP contribution is -2.43. The van der Waals surface area contributed by atoms with E-state index in [1.165, 1.54) is 6.07 Å². The number of nitro benzene ring substituents is 1. The lowest BCUT2D eigenvalue weighted by Gasteiger charge is -2.24.